The molecule has 0 unspecified atom stereocenters. The number of aliphatic hydroxyl groups is 1. The molecule has 1 fully saturated rings. The lowest BCUT2D eigenvalue weighted by Crippen LogP contribution is -2.43. The number of methoxy groups -OCH3 is 1. The van der Waals surface area contributed by atoms with Crippen LogP contribution in [0.15, 0.2) is 18.2 Å². The van der Waals surface area contributed by atoms with Gasteiger partial charge in [-0.2, -0.15) is 4.98 Å². The summed E-state index contributed by atoms with van der Waals surface area (Å²) in [6.45, 7) is 9.56. The minimum atomic E-state index is 0.134. The molecule has 1 aliphatic rings. The monoisotopic (exact) mass is 456 g/mol. The third-order valence-electron chi connectivity index (χ3n) is 6.41. The Bertz CT molecular complexity index is 893. The molecule has 2 heterocycles. The number of nitrogen functional groups attached to an aromatic ring is 1. The van der Waals surface area contributed by atoms with Gasteiger partial charge in [0.25, 0.3) is 0 Å². The Kier molecular flexibility index (Phi) is 9.29. The van der Waals surface area contributed by atoms with Crippen molar-refractivity contribution in [1.82, 2.24) is 19.8 Å². The largest absolute Gasteiger partial charge is 0.496 e. The Hall–Kier alpha value is -2.42. The number of rotatable bonds is 11. The zero-order chi connectivity index (χ0) is 23.8. The summed E-state index contributed by atoms with van der Waals surface area (Å²) in [7, 11) is 3.90. The van der Waals surface area contributed by atoms with Gasteiger partial charge in [-0.05, 0) is 44.0 Å². The highest BCUT2D eigenvalue weighted by molar-refractivity contribution is 5.53. The Morgan fingerprint density at radius 1 is 1.18 bits per heavy atom. The van der Waals surface area contributed by atoms with Crippen LogP contribution in [-0.2, 0) is 13.0 Å². The molecule has 1 atom stereocenters. The van der Waals surface area contributed by atoms with Gasteiger partial charge in [-0.3, -0.25) is 4.90 Å². The summed E-state index contributed by atoms with van der Waals surface area (Å²) in [6.07, 6.45) is 3.29. The maximum absolute atomic E-state index is 9.46. The van der Waals surface area contributed by atoms with Crippen molar-refractivity contribution in [3.05, 3.63) is 40.6 Å². The summed E-state index contributed by atoms with van der Waals surface area (Å²) >= 11 is 0. The van der Waals surface area contributed by atoms with Gasteiger partial charge in [-0.1, -0.05) is 25.5 Å². The van der Waals surface area contributed by atoms with Crippen LogP contribution in [0.2, 0.25) is 0 Å². The lowest BCUT2D eigenvalue weighted by Gasteiger charge is -2.32. The second-order valence-corrected chi connectivity index (χ2v) is 9.04. The van der Waals surface area contributed by atoms with Crippen LogP contribution < -0.4 is 15.8 Å². The van der Waals surface area contributed by atoms with Gasteiger partial charge >= 0.3 is 0 Å². The number of aromatic nitrogens is 2. The molecule has 1 aromatic carbocycles. The SMILES string of the molecule is CCC[C@@H](CCO)Nc1nc(N)nc(C)c1Cc1ccc(CN2CCN(C)CC2)cc1OC. The van der Waals surface area contributed by atoms with Crippen LogP contribution in [0.5, 0.6) is 5.75 Å². The number of piperazine rings is 1. The van der Waals surface area contributed by atoms with Crippen molar-refractivity contribution in [2.75, 3.05) is 58.0 Å². The first-order valence-corrected chi connectivity index (χ1v) is 12.0. The average Bonchev–Trinajstić information content (AvgIpc) is 2.78. The molecule has 0 radical (unpaired) electrons. The first kappa shape index (κ1) is 25.2. The molecule has 8 nitrogen and oxygen atoms in total. The fraction of sp³-hybridized carbons (Fsp3) is 0.600. The van der Waals surface area contributed by atoms with E-state index in [1.165, 1.54) is 5.56 Å². The average molecular weight is 457 g/mol. The van der Waals surface area contributed by atoms with Crippen molar-refractivity contribution in [3.8, 4) is 5.75 Å². The first-order chi connectivity index (χ1) is 15.9. The van der Waals surface area contributed by atoms with Crippen molar-refractivity contribution >= 4 is 11.8 Å². The van der Waals surface area contributed by atoms with Gasteiger partial charge in [-0.25, -0.2) is 4.98 Å². The Morgan fingerprint density at radius 2 is 1.94 bits per heavy atom. The second-order valence-electron chi connectivity index (χ2n) is 9.04. The zero-order valence-corrected chi connectivity index (χ0v) is 20.6. The summed E-state index contributed by atoms with van der Waals surface area (Å²) in [5.74, 6) is 1.88. The number of anilines is 2. The number of likely N-dealkylation sites (N-methyl/N-ethyl adjacent to an activating group) is 1. The predicted octanol–water partition coefficient (Wildman–Crippen LogP) is 2.68. The van der Waals surface area contributed by atoms with Gasteiger partial charge in [0.1, 0.15) is 11.6 Å². The van der Waals surface area contributed by atoms with Crippen LogP contribution in [0.1, 0.15) is 48.6 Å². The standard InChI is InChI=1S/C25H40N6O2/c1-5-6-21(9-14-32)28-24-22(18(2)27-25(26)29-24)16-20-8-7-19(15-23(20)33-4)17-31-12-10-30(3)11-13-31/h7-8,15,21,32H,5-6,9-14,16-17H2,1-4H3,(H3,26,27,28,29)/t21-/m0/s1. The maximum Gasteiger partial charge on any atom is 0.222 e. The first-order valence-electron chi connectivity index (χ1n) is 12.0. The van der Waals surface area contributed by atoms with E-state index >= 15 is 0 Å². The predicted molar refractivity (Wildman–Crippen MR) is 134 cm³/mol. The molecule has 182 valence electrons. The van der Waals surface area contributed by atoms with Gasteiger partial charge in [0.05, 0.1) is 7.11 Å². The number of aryl methyl sites for hydroxylation is 1. The Morgan fingerprint density at radius 3 is 2.61 bits per heavy atom. The van der Waals surface area contributed by atoms with Crippen LogP contribution >= 0.6 is 0 Å². The van der Waals surface area contributed by atoms with Gasteiger partial charge in [-0.15, -0.1) is 0 Å². The van der Waals surface area contributed by atoms with E-state index in [-0.39, 0.29) is 18.6 Å². The molecule has 4 N–H and O–H groups in total. The molecule has 0 spiro atoms. The normalized spacial score (nSPS) is 16.0. The van der Waals surface area contributed by atoms with E-state index in [0.717, 1.165) is 74.0 Å². The second kappa shape index (κ2) is 12.2. The van der Waals surface area contributed by atoms with Crippen molar-refractivity contribution in [3.63, 3.8) is 0 Å². The van der Waals surface area contributed by atoms with E-state index in [1.807, 2.05) is 6.92 Å². The Balaban J connectivity index is 1.81. The molecule has 0 saturated carbocycles. The number of ether oxygens (including phenoxy) is 1. The number of benzene rings is 1. The molecule has 1 aromatic heterocycles. The fourth-order valence-corrected chi connectivity index (χ4v) is 4.42. The molecule has 2 aromatic rings. The highest BCUT2D eigenvalue weighted by Gasteiger charge is 2.18. The van der Waals surface area contributed by atoms with Gasteiger partial charge in [0.2, 0.25) is 5.95 Å². The van der Waals surface area contributed by atoms with Crippen LogP contribution in [0.3, 0.4) is 0 Å². The minimum absolute atomic E-state index is 0.134. The van der Waals surface area contributed by atoms with Gasteiger partial charge in [0, 0.05) is 63.1 Å². The molecule has 1 aliphatic heterocycles. The van der Waals surface area contributed by atoms with E-state index in [0.29, 0.717) is 12.8 Å². The fourth-order valence-electron chi connectivity index (χ4n) is 4.42. The molecule has 1 saturated heterocycles. The van der Waals surface area contributed by atoms with E-state index < -0.39 is 0 Å². The van der Waals surface area contributed by atoms with E-state index in [2.05, 4.69) is 57.3 Å². The number of nitrogens with one attached hydrogen (secondary N) is 1. The summed E-state index contributed by atoms with van der Waals surface area (Å²) in [6, 6.07) is 6.64. The van der Waals surface area contributed by atoms with Crippen LogP contribution in [0.4, 0.5) is 11.8 Å². The van der Waals surface area contributed by atoms with Crippen LogP contribution in [0.25, 0.3) is 0 Å². The Labute approximate surface area is 198 Å². The number of nitrogens with two attached hydrogens (primary N) is 1. The smallest absolute Gasteiger partial charge is 0.222 e. The number of aliphatic hydroxyl groups excluding tert-OH is 1. The molecule has 3 rings (SSSR count). The minimum Gasteiger partial charge on any atom is -0.496 e. The molecule has 33 heavy (non-hydrogen) atoms. The molecule has 0 bridgehead atoms. The van der Waals surface area contributed by atoms with E-state index in [9.17, 15) is 5.11 Å². The van der Waals surface area contributed by atoms with Crippen molar-refractivity contribution < 1.29 is 9.84 Å². The zero-order valence-electron chi connectivity index (χ0n) is 20.6. The summed E-state index contributed by atoms with van der Waals surface area (Å²) in [4.78, 5) is 13.8. The van der Waals surface area contributed by atoms with E-state index in [4.69, 9.17) is 10.5 Å². The summed E-state index contributed by atoms with van der Waals surface area (Å²) in [5, 5.41) is 13.0. The highest BCUT2D eigenvalue weighted by Crippen LogP contribution is 2.29. The van der Waals surface area contributed by atoms with Crippen LogP contribution in [-0.4, -0.2) is 77.9 Å². The summed E-state index contributed by atoms with van der Waals surface area (Å²) < 4.78 is 5.78. The summed E-state index contributed by atoms with van der Waals surface area (Å²) in [5.41, 5.74) is 10.2. The van der Waals surface area contributed by atoms with Crippen molar-refractivity contribution in [2.24, 2.45) is 0 Å². The third-order valence-corrected chi connectivity index (χ3v) is 6.41. The number of hydrogen-bond donors (Lipinski definition) is 3. The van der Waals surface area contributed by atoms with Crippen molar-refractivity contribution in [1.29, 1.82) is 0 Å². The number of hydrogen-bond acceptors (Lipinski definition) is 8. The van der Waals surface area contributed by atoms with Crippen LogP contribution in [0, 0.1) is 6.92 Å². The number of nitrogens with zero attached hydrogens (tertiary/aromatic N) is 4. The van der Waals surface area contributed by atoms with Gasteiger partial charge < -0.3 is 25.8 Å². The topological polar surface area (TPSA) is 99.8 Å². The van der Waals surface area contributed by atoms with E-state index in [1.54, 1.807) is 7.11 Å². The lowest BCUT2D eigenvalue weighted by atomic mass is 10.0. The molecule has 0 aliphatic carbocycles. The third kappa shape index (κ3) is 7.03. The maximum atomic E-state index is 9.46. The quantitative estimate of drug-likeness (QED) is 0.475. The molecular weight excluding hydrogens is 416 g/mol. The molecule has 0 amide bonds. The highest BCUT2D eigenvalue weighted by atomic mass is 16.5. The molecule has 8 heteroatoms. The molecular formula is C25H40N6O2. The van der Waals surface area contributed by atoms with Crippen molar-refractivity contribution in [2.45, 2.75) is 52.1 Å². The lowest BCUT2D eigenvalue weighted by molar-refractivity contribution is 0.148. The van der Waals surface area contributed by atoms with Gasteiger partial charge in [0.15, 0.2) is 0 Å².